The van der Waals surface area contributed by atoms with Gasteiger partial charge in [-0.3, -0.25) is 0 Å². The summed E-state index contributed by atoms with van der Waals surface area (Å²) in [5, 5.41) is 7.09. The molecule has 26 heavy (non-hydrogen) atoms. The lowest BCUT2D eigenvalue weighted by atomic mass is 9.87. The highest BCUT2D eigenvalue weighted by atomic mass is 35.5. The number of anilines is 3. The van der Waals surface area contributed by atoms with Gasteiger partial charge >= 0.3 is 0 Å². The van der Waals surface area contributed by atoms with Gasteiger partial charge in [0.2, 0.25) is 5.95 Å². The molecule has 1 aliphatic rings. The molecule has 4 N–H and O–H groups in total. The number of hydrogen-bond donors (Lipinski definition) is 3. The molecule has 7 heteroatoms. The van der Waals surface area contributed by atoms with Gasteiger partial charge in [-0.05, 0) is 75.9 Å². The molecule has 1 aliphatic heterocycles. The van der Waals surface area contributed by atoms with E-state index in [1.807, 2.05) is 13.8 Å². The molecule has 0 spiro atoms. The molecule has 0 atom stereocenters. The van der Waals surface area contributed by atoms with Gasteiger partial charge < -0.3 is 21.1 Å². The molecule has 0 bridgehead atoms. The van der Waals surface area contributed by atoms with Crippen LogP contribution in [-0.4, -0.2) is 29.2 Å². The number of piperidine rings is 1. The van der Waals surface area contributed by atoms with Gasteiger partial charge in [0.25, 0.3) is 0 Å². The Bertz CT molecular complexity index is 775. The number of nitrogen functional groups attached to an aromatic ring is 1. The predicted octanol–water partition coefficient (Wildman–Crippen LogP) is 4.02. The smallest absolute Gasteiger partial charge is 0.222 e. The summed E-state index contributed by atoms with van der Waals surface area (Å²) in [6, 6.07) is 4.26. The summed E-state index contributed by atoms with van der Waals surface area (Å²) >= 11 is 6.21. The lowest BCUT2D eigenvalue weighted by Gasteiger charge is -2.26. The van der Waals surface area contributed by atoms with Crippen LogP contribution in [0, 0.1) is 6.92 Å². The van der Waals surface area contributed by atoms with Gasteiger partial charge in [0.05, 0.1) is 18.0 Å². The van der Waals surface area contributed by atoms with Crippen molar-refractivity contribution in [2.45, 2.75) is 45.6 Å². The Morgan fingerprint density at radius 1 is 1.31 bits per heavy atom. The number of hydrogen-bond acceptors (Lipinski definition) is 6. The molecule has 1 aromatic heterocycles. The largest absolute Gasteiger partial charge is 0.489 e. The van der Waals surface area contributed by atoms with Crippen molar-refractivity contribution in [3.63, 3.8) is 0 Å². The van der Waals surface area contributed by atoms with Gasteiger partial charge in [0, 0.05) is 0 Å². The van der Waals surface area contributed by atoms with E-state index in [9.17, 15) is 0 Å². The van der Waals surface area contributed by atoms with Crippen molar-refractivity contribution < 1.29 is 4.74 Å². The maximum Gasteiger partial charge on any atom is 0.222 e. The number of halogens is 1. The van der Waals surface area contributed by atoms with E-state index >= 15 is 0 Å². The van der Waals surface area contributed by atoms with Gasteiger partial charge in [-0.15, -0.1) is 0 Å². The SMILES string of the molecule is Cc1cc(Nc2nc(N)ncc2Cl)c(OC(C)C)cc1C1CCNCC1. The van der Waals surface area contributed by atoms with Crippen molar-refractivity contribution in [3.05, 3.63) is 34.5 Å². The highest BCUT2D eigenvalue weighted by molar-refractivity contribution is 6.32. The molecule has 1 fully saturated rings. The minimum absolute atomic E-state index is 0.0602. The summed E-state index contributed by atoms with van der Waals surface area (Å²) in [6.45, 7) is 8.28. The maximum atomic E-state index is 6.21. The Balaban J connectivity index is 1.97. The van der Waals surface area contributed by atoms with Crippen molar-refractivity contribution in [1.29, 1.82) is 0 Å². The summed E-state index contributed by atoms with van der Waals surface area (Å²) in [4.78, 5) is 8.09. The Kier molecular flexibility index (Phi) is 5.84. The topological polar surface area (TPSA) is 85.1 Å². The summed E-state index contributed by atoms with van der Waals surface area (Å²) in [5.41, 5.74) is 9.10. The van der Waals surface area contributed by atoms with Gasteiger partial charge in [0.15, 0.2) is 5.82 Å². The summed E-state index contributed by atoms with van der Waals surface area (Å²) in [6.07, 6.45) is 3.84. The highest BCUT2D eigenvalue weighted by Gasteiger charge is 2.20. The molecule has 0 amide bonds. The van der Waals surface area contributed by atoms with Gasteiger partial charge in [-0.25, -0.2) is 4.98 Å². The van der Waals surface area contributed by atoms with E-state index in [1.54, 1.807) is 0 Å². The van der Waals surface area contributed by atoms with Crippen LogP contribution in [0.5, 0.6) is 5.75 Å². The first-order chi connectivity index (χ1) is 12.4. The molecule has 6 nitrogen and oxygen atoms in total. The molecule has 2 heterocycles. The summed E-state index contributed by atoms with van der Waals surface area (Å²) in [7, 11) is 0. The normalized spacial score (nSPS) is 15.3. The van der Waals surface area contributed by atoms with E-state index in [-0.39, 0.29) is 12.1 Å². The van der Waals surface area contributed by atoms with Crippen LogP contribution >= 0.6 is 11.6 Å². The zero-order chi connectivity index (χ0) is 18.7. The number of nitrogens with zero attached hydrogens (tertiary/aromatic N) is 2. The van der Waals surface area contributed by atoms with Crippen LogP contribution in [0.25, 0.3) is 0 Å². The van der Waals surface area contributed by atoms with Crippen LogP contribution in [0.4, 0.5) is 17.5 Å². The quantitative estimate of drug-likeness (QED) is 0.731. The van der Waals surface area contributed by atoms with Crippen molar-refractivity contribution in [2.24, 2.45) is 0 Å². The number of aromatic nitrogens is 2. The minimum atomic E-state index is 0.0602. The van der Waals surface area contributed by atoms with Crippen LogP contribution in [0.3, 0.4) is 0 Å². The van der Waals surface area contributed by atoms with Crippen LogP contribution in [0.1, 0.15) is 43.7 Å². The van der Waals surface area contributed by atoms with E-state index in [2.05, 4.69) is 39.7 Å². The molecule has 140 valence electrons. The fourth-order valence-electron chi connectivity index (χ4n) is 3.32. The maximum absolute atomic E-state index is 6.21. The standard InChI is InChI=1S/C19H26ClN5O/c1-11(2)26-17-9-14(13-4-6-22-7-5-13)12(3)8-16(17)24-18-15(20)10-23-19(21)25-18/h8-11,13,22H,4-7H2,1-3H3,(H3,21,23,24,25). The fourth-order valence-corrected chi connectivity index (χ4v) is 3.46. The number of nitrogens with two attached hydrogens (primary N) is 1. The Hall–Kier alpha value is -2.05. The molecule has 0 saturated carbocycles. The van der Waals surface area contributed by atoms with E-state index in [4.69, 9.17) is 22.1 Å². The molecule has 3 rings (SSSR count). The molecule has 0 aliphatic carbocycles. The van der Waals surface area contributed by atoms with E-state index < -0.39 is 0 Å². The summed E-state index contributed by atoms with van der Waals surface area (Å²) < 4.78 is 6.08. The molecule has 2 aromatic rings. The Morgan fingerprint density at radius 3 is 2.73 bits per heavy atom. The Morgan fingerprint density at radius 2 is 2.04 bits per heavy atom. The zero-order valence-corrected chi connectivity index (χ0v) is 16.2. The average Bonchev–Trinajstić information content (AvgIpc) is 2.60. The first-order valence-electron chi connectivity index (χ1n) is 9.01. The van der Waals surface area contributed by atoms with E-state index in [0.717, 1.165) is 37.4 Å². The second kappa shape index (κ2) is 8.10. The lowest BCUT2D eigenvalue weighted by Crippen LogP contribution is -2.27. The van der Waals surface area contributed by atoms with E-state index in [0.29, 0.717) is 16.8 Å². The molecule has 1 aromatic carbocycles. The molecule has 1 saturated heterocycles. The van der Waals surface area contributed by atoms with Crippen molar-refractivity contribution >= 4 is 29.1 Å². The van der Waals surface area contributed by atoms with Gasteiger partial charge in [-0.1, -0.05) is 11.6 Å². The summed E-state index contributed by atoms with van der Waals surface area (Å²) in [5.74, 6) is 2.00. The number of aryl methyl sites for hydroxylation is 1. The predicted molar refractivity (Wildman–Crippen MR) is 107 cm³/mol. The van der Waals surface area contributed by atoms with Crippen LogP contribution < -0.4 is 21.1 Å². The Labute approximate surface area is 159 Å². The monoisotopic (exact) mass is 375 g/mol. The van der Waals surface area contributed by atoms with Crippen LogP contribution in [-0.2, 0) is 0 Å². The third-order valence-electron chi connectivity index (χ3n) is 4.53. The first-order valence-corrected chi connectivity index (χ1v) is 9.38. The molecule has 0 radical (unpaired) electrons. The second-order valence-corrected chi connectivity index (χ2v) is 7.35. The third kappa shape index (κ3) is 4.37. The fraction of sp³-hybridized carbons (Fsp3) is 0.474. The first kappa shape index (κ1) is 18.7. The zero-order valence-electron chi connectivity index (χ0n) is 15.5. The lowest BCUT2D eigenvalue weighted by molar-refractivity contribution is 0.243. The minimum Gasteiger partial charge on any atom is -0.489 e. The van der Waals surface area contributed by atoms with Crippen LogP contribution in [0.2, 0.25) is 5.02 Å². The van der Waals surface area contributed by atoms with Crippen molar-refractivity contribution in [1.82, 2.24) is 15.3 Å². The molecular weight excluding hydrogens is 350 g/mol. The van der Waals surface area contributed by atoms with E-state index in [1.165, 1.54) is 17.3 Å². The van der Waals surface area contributed by atoms with Crippen LogP contribution in [0.15, 0.2) is 18.3 Å². The third-order valence-corrected chi connectivity index (χ3v) is 4.80. The molecule has 0 unspecified atom stereocenters. The number of rotatable bonds is 5. The second-order valence-electron chi connectivity index (χ2n) is 6.95. The molecular formula is C19H26ClN5O. The highest BCUT2D eigenvalue weighted by Crippen LogP contribution is 2.38. The number of nitrogens with one attached hydrogen (secondary N) is 2. The van der Waals surface area contributed by atoms with Gasteiger partial charge in [0.1, 0.15) is 10.8 Å². The van der Waals surface area contributed by atoms with Crippen molar-refractivity contribution in [2.75, 3.05) is 24.1 Å². The number of benzene rings is 1. The average molecular weight is 376 g/mol. The van der Waals surface area contributed by atoms with Gasteiger partial charge in [-0.2, -0.15) is 4.98 Å². The number of ether oxygens (including phenoxy) is 1. The van der Waals surface area contributed by atoms with Crippen molar-refractivity contribution in [3.8, 4) is 5.75 Å².